The molecule has 108 valence electrons. The van der Waals surface area contributed by atoms with Gasteiger partial charge in [0.2, 0.25) is 0 Å². The van der Waals surface area contributed by atoms with E-state index in [1.165, 1.54) is 6.92 Å². The summed E-state index contributed by atoms with van der Waals surface area (Å²) in [6.45, 7) is 3.34. The van der Waals surface area contributed by atoms with Gasteiger partial charge in [0, 0.05) is 15.7 Å². The molecule has 2 amide bonds. The number of anilines is 2. The van der Waals surface area contributed by atoms with Crippen LogP contribution in [0.2, 0.25) is 0 Å². The van der Waals surface area contributed by atoms with Gasteiger partial charge in [-0.05, 0) is 66.2 Å². The number of hydrogen-bond donors (Lipinski definition) is 2. The molecule has 0 atom stereocenters. The molecular weight excluding hydrogens is 334 g/mol. The lowest BCUT2D eigenvalue weighted by atomic mass is 10.1. The topological polar surface area (TPSA) is 71.1 Å². The van der Waals surface area contributed by atoms with E-state index >= 15 is 0 Å². The number of carbonyl (C=O) groups excluding carboxylic acids is 2. The molecule has 1 heterocycles. The standard InChI is InChI=1S/C15H14BrN3O2/c1-9-13(16)7-8-14(17-9)19-15(21)18-12-5-3-11(4-6-12)10(2)20/h3-8H,1-2H3,(H2,17,18,19,21). The van der Waals surface area contributed by atoms with Gasteiger partial charge >= 0.3 is 6.03 Å². The van der Waals surface area contributed by atoms with E-state index in [1.807, 2.05) is 13.0 Å². The zero-order chi connectivity index (χ0) is 15.4. The normalized spacial score (nSPS) is 10.0. The summed E-state index contributed by atoms with van der Waals surface area (Å²) in [6.07, 6.45) is 0. The number of aryl methyl sites for hydroxylation is 1. The molecule has 0 spiro atoms. The van der Waals surface area contributed by atoms with Crippen molar-refractivity contribution in [1.29, 1.82) is 0 Å². The molecular formula is C15H14BrN3O2. The second-order valence-electron chi connectivity index (χ2n) is 4.48. The fourth-order valence-electron chi connectivity index (χ4n) is 1.68. The zero-order valence-corrected chi connectivity index (χ0v) is 13.2. The van der Waals surface area contributed by atoms with Gasteiger partial charge in [-0.25, -0.2) is 9.78 Å². The van der Waals surface area contributed by atoms with E-state index in [-0.39, 0.29) is 11.8 Å². The van der Waals surface area contributed by atoms with E-state index in [4.69, 9.17) is 0 Å². The molecule has 2 aromatic rings. The van der Waals surface area contributed by atoms with Crippen LogP contribution in [0.1, 0.15) is 23.0 Å². The summed E-state index contributed by atoms with van der Waals surface area (Å²) in [6, 6.07) is 9.82. The Labute approximate surface area is 130 Å². The maximum atomic E-state index is 11.9. The fourth-order valence-corrected chi connectivity index (χ4v) is 1.90. The van der Waals surface area contributed by atoms with Crippen molar-refractivity contribution in [3.05, 3.63) is 52.1 Å². The van der Waals surface area contributed by atoms with Crippen LogP contribution in [0.3, 0.4) is 0 Å². The van der Waals surface area contributed by atoms with Crippen molar-refractivity contribution >= 4 is 39.2 Å². The molecule has 5 nitrogen and oxygen atoms in total. The highest BCUT2D eigenvalue weighted by Gasteiger charge is 2.06. The van der Waals surface area contributed by atoms with Crippen molar-refractivity contribution in [2.45, 2.75) is 13.8 Å². The first-order valence-corrected chi connectivity index (χ1v) is 7.07. The summed E-state index contributed by atoms with van der Waals surface area (Å²) >= 11 is 3.35. The number of benzene rings is 1. The van der Waals surface area contributed by atoms with Crippen molar-refractivity contribution < 1.29 is 9.59 Å². The van der Waals surface area contributed by atoms with Gasteiger partial charge in [-0.2, -0.15) is 0 Å². The Bertz CT molecular complexity index is 684. The van der Waals surface area contributed by atoms with Gasteiger partial charge in [-0.15, -0.1) is 0 Å². The van der Waals surface area contributed by atoms with Crippen molar-refractivity contribution in [2.24, 2.45) is 0 Å². The van der Waals surface area contributed by atoms with E-state index in [2.05, 4.69) is 31.5 Å². The van der Waals surface area contributed by atoms with Crippen LogP contribution in [-0.2, 0) is 0 Å². The summed E-state index contributed by atoms with van der Waals surface area (Å²) in [5.41, 5.74) is 2.00. The van der Waals surface area contributed by atoms with Gasteiger partial charge in [0.05, 0.1) is 5.69 Å². The third-order valence-corrected chi connectivity index (χ3v) is 3.65. The third kappa shape index (κ3) is 4.13. The molecule has 2 N–H and O–H groups in total. The van der Waals surface area contributed by atoms with Gasteiger partial charge in [0.1, 0.15) is 5.82 Å². The molecule has 1 aromatic carbocycles. The highest BCUT2D eigenvalue weighted by atomic mass is 79.9. The highest BCUT2D eigenvalue weighted by molar-refractivity contribution is 9.10. The molecule has 0 radical (unpaired) electrons. The minimum absolute atomic E-state index is 0.0134. The molecule has 0 aliphatic heterocycles. The van der Waals surface area contributed by atoms with E-state index in [0.29, 0.717) is 17.1 Å². The van der Waals surface area contributed by atoms with E-state index in [9.17, 15) is 9.59 Å². The number of nitrogens with one attached hydrogen (secondary N) is 2. The smallest absolute Gasteiger partial charge is 0.308 e. The molecule has 0 saturated carbocycles. The maximum Gasteiger partial charge on any atom is 0.324 e. The van der Waals surface area contributed by atoms with Crippen LogP contribution in [0.4, 0.5) is 16.3 Å². The summed E-state index contributed by atoms with van der Waals surface area (Å²) in [7, 11) is 0. The molecule has 0 bridgehead atoms. The number of aromatic nitrogens is 1. The third-order valence-electron chi connectivity index (χ3n) is 2.81. The number of amides is 2. The predicted molar refractivity (Wildman–Crippen MR) is 85.8 cm³/mol. The highest BCUT2D eigenvalue weighted by Crippen LogP contribution is 2.16. The van der Waals surface area contributed by atoms with Gasteiger partial charge in [-0.1, -0.05) is 0 Å². The zero-order valence-electron chi connectivity index (χ0n) is 11.6. The van der Waals surface area contributed by atoms with Crippen LogP contribution in [0.15, 0.2) is 40.9 Å². The number of nitrogens with zero attached hydrogens (tertiary/aromatic N) is 1. The first-order chi connectivity index (χ1) is 9.95. The summed E-state index contributed by atoms with van der Waals surface area (Å²) in [5.74, 6) is 0.453. The van der Waals surface area contributed by atoms with E-state index in [0.717, 1.165) is 10.2 Å². The van der Waals surface area contributed by atoms with Crippen LogP contribution in [-0.4, -0.2) is 16.8 Å². The lowest BCUT2D eigenvalue weighted by molar-refractivity contribution is 0.101. The van der Waals surface area contributed by atoms with E-state index in [1.54, 1.807) is 30.3 Å². The van der Waals surface area contributed by atoms with Gasteiger partial charge in [0.15, 0.2) is 5.78 Å². The van der Waals surface area contributed by atoms with Crippen LogP contribution in [0, 0.1) is 6.92 Å². The van der Waals surface area contributed by atoms with Crippen LogP contribution >= 0.6 is 15.9 Å². The Morgan fingerprint density at radius 3 is 2.29 bits per heavy atom. The molecule has 0 fully saturated rings. The Balaban J connectivity index is 2.01. The fraction of sp³-hybridized carbons (Fsp3) is 0.133. The molecule has 6 heteroatoms. The monoisotopic (exact) mass is 347 g/mol. The number of pyridine rings is 1. The summed E-state index contributed by atoms with van der Waals surface area (Å²) < 4.78 is 0.883. The molecule has 0 aliphatic rings. The van der Waals surface area contributed by atoms with Crippen molar-refractivity contribution in [1.82, 2.24) is 4.98 Å². The predicted octanol–water partition coefficient (Wildman–Crippen LogP) is 4.00. The Kier molecular flexibility index (Phi) is 4.70. The van der Waals surface area contributed by atoms with Crippen LogP contribution < -0.4 is 10.6 Å². The van der Waals surface area contributed by atoms with Crippen molar-refractivity contribution in [3.8, 4) is 0 Å². The molecule has 1 aromatic heterocycles. The quantitative estimate of drug-likeness (QED) is 0.824. The Hall–Kier alpha value is -2.21. The molecule has 0 saturated heterocycles. The number of urea groups is 1. The first kappa shape index (κ1) is 15.2. The number of rotatable bonds is 3. The second-order valence-corrected chi connectivity index (χ2v) is 5.33. The number of ketones is 1. The maximum absolute atomic E-state index is 11.9. The largest absolute Gasteiger partial charge is 0.324 e. The summed E-state index contributed by atoms with van der Waals surface area (Å²) in [5, 5.41) is 5.32. The molecule has 0 aliphatic carbocycles. The molecule has 2 rings (SSSR count). The van der Waals surface area contributed by atoms with Crippen LogP contribution in [0.5, 0.6) is 0 Å². The van der Waals surface area contributed by atoms with E-state index < -0.39 is 0 Å². The SMILES string of the molecule is CC(=O)c1ccc(NC(=O)Nc2ccc(Br)c(C)n2)cc1. The Morgan fingerprint density at radius 2 is 1.71 bits per heavy atom. The average Bonchev–Trinajstić information content (AvgIpc) is 2.43. The van der Waals surface area contributed by atoms with Gasteiger partial charge in [-0.3, -0.25) is 10.1 Å². The number of hydrogen-bond acceptors (Lipinski definition) is 3. The van der Waals surface area contributed by atoms with Gasteiger partial charge in [0.25, 0.3) is 0 Å². The lowest BCUT2D eigenvalue weighted by Crippen LogP contribution is -2.20. The summed E-state index contributed by atoms with van der Waals surface area (Å²) in [4.78, 5) is 27.3. The minimum atomic E-state index is -0.389. The van der Waals surface area contributed by atoms with Crippen molar-refractivity contribution in [3.63, 3.8) is 0 Å². The minimum Gasteiger partial charge on any atom is -0.308 e. The number of Topliss-reactive ketones (excluding diaryl/α,β-unsaturated/α-hetero) is 1. The van der Waals surface area contributed by atoms with Crippen molar-refractivity contribution in [2.75, 3.05) is 10.6 Å². The molecule has 21 heavy (non-hydrogen) atoms. The first-order valence-electron chi connectivity index (χ1n) is 6.28. The molecule has 0 unspecified atom stereocenters. The lowest BCUT2D eigenvalue weighted by Gasteiger charge is -2.08. The number of halogens is 1. The Morgan fingerprint density at radius 1 is 1.05 bits per heavy atom. The van der Waals surface area contributed by atoms with Gasteiger partial charge < -0.3 is 5.32 Å². The number of carbonyl (C=O) groups is 2. The second kappa shape index (κ2) is 6.49. The van der Waals surface area contributed by atoms with Crippen LogP contribution in [0.25, 0.3) is 0 Å². The average molecular weight is 348 g/mol.